The van der Waals surface area contributed by atoms with E-state index >= 15 is 0 Å². The molecule has 0 saturated heterocycles. The summed E-state index contributed by atoms with van der Waals surface area (Å²) in [6.07, 6.45) is 3.23. The number of ether oxygens (including phenoxy) is 2. The van der Waals surface area contributed by atoms with E-state index in [4.69, 9.17) is 9.47 Å². The molecule has 7 heteroatoms. The number of hydrogen-bond acceptors (Lipinski definition) is 4. The summed E-state index contributed by atoms with van der Waals surface area (Å²) in [5, 5.41) is 9.91. The van der Waals surface area contributed by atoms with E-state index in [2.05, 4.69) is 15.7 Å². The summed E-state index contributed by atoms with van der Waals surface area (Å²) >= 11 is 0. The van der Waals surface area contributed by atoms with Crippen LogP contribution < -0.4 is 20.1 Å². The highest BCUT2D eigenvalue weighted by molar-refractivity contribution is 5.99. The van der Waals surface area contributed by atoms with Gasteiger partial charge in [0.1, 0.15) is 6.61 Å². The quantitative estimate of drug-likeness (QED) is 0.720. The number of carbonyl (C=O) groups is 1. The number of amides is 2. The zero-order chi connectivity index (χ0) is 19.5. The molecule has 1 aliphatic heterocycles. The third-order valence-corrected chi connectivity index (χ3v) is 4.61. The molecule has 0 saturated carbocycles. The Hall–Kier alpha value is -3.48. The molecule has 2 aromatic carbocycles. The fraction of sp³-hybridized carbons (Fsp3) is 0.238. The molecular formula is C21H22N4O3. The molecule has 144 valence electrons. The summed E-state index contributed by atoms with van der Waals surface area (Å²) in [7, 11) is 0. The number of aromatic nitrogens is 2. The Morgan fingerprint density at radius 3 is 2.71 bits per heavy atom. The lowest BCUT2D eigenvalue weighted by Crippen LogP contribution is -2.33. The van der Waals surface area contributed by atoms with Crippen LogP contribution in [0.1, 0.15) is 11.1 Å². The van der Waals surface area contributed by atoms with Gasteiger partial charge in [-0.3, -0.25) is 4.68 Å². The van der Waals surface area contributed by atoms with Crippen LogP contribution in [-0.4, -0.2) is 28.5 Å². The van der Waals surface area contributed by atoms with Crippen molar-refractivity contribution in [3.63, 3.8) is 0 Å². The number of rotatable bonds is 4. The first-order valence-corrected chi connectivity index (χ1v) is 9.13. The monoisotopic (exact) mass is 378 g/mol. The fourth-order valence-electron chi connectivity index (χ4n) is 3.00. The maximum atomic E-state index is 12.2. The molecule has 4 rings (SSSR count). The molecular weight excluding hydrogens is 356 g/mol. The number of benzene rings is 2. The largest absolute Gasteiger partial charge is 0.486 e. The van der Waals surface area contributed by atoms with Gasteiger partial charge in [0.2, 0.25) is 0 Å². The van der Waals surface area contributed by atoms with Crippen molar-refractivity contribution in [1.82, 2.24) is 9.78 Å². The Morgan fingerprint density at radius 2 is 1.89 bits per heavy atom. The molecule has 28 heavy (non-hydrogen) atoms. The zero-order valence-electron chi connectivity index (χ0n) is 15.8. The van der Waals surface area contributed by atoms with Crippen molar-refractivity contribution < 1.29 is 14.3 Å². The van der Waals surface area contributed by atoms with Crippen LogP contribution in [0, 0.1) is 13.8 Å². The lowest BCUT2D eigenvalue weighted by molar-refractivity contribution is 0.0759. The van der Waals surface area contributed by atoms with E-state index in [1.807, 2.05) is 56.3 Å². The van der Waals surface area contributed by atoms with Crippen LogP contribution in [-0.2, 0) is 6.54 Å². The van der Waals surface area contributed by atoms with Crippen LogP contribution in [0.5, 0.6) is 11.5 Å². The van der Waals surface area contributed by atoms with Crippen LogP contribution in [0.15, 0.2) is 54.9 Å². The second kappa shape index (κ2) is 7.64. The number of para-hydroxylation sites is 2. The standard InChI is InChI=1S/C21H22N4O3/c1-14-7-8-16(9-15(14)2)23-21(26)24-17-10-22-25(11-17)12-18-13-27-19-5-3-4-6-20(19)28-18/h3-11,18H,12-13H2,1-2H3,(H2,23,24,26). The van der Waals surface area contributed by atoms with Gasteiger partial charge in [0, 0.05) is 11.9 Å². The van der Waals surface area contributed by atoms with E-state index in [-0.39, 0.29) is 12.1 Å². The van der Waals surface area contributed by atoms with Gasteiger partial charge in [-0.15, -0.1) is 0 Å². The lowest BCUT2D eigenvalue weighted by atomic mass is 10.1. The molecule has 1 aliphatic rings. The molecule has 2 heterocycles. The van der Waals surface area contributed by atoms with Crippen molar-refractivity contribution in [3.8, 4) is 11.5 Å². The van der Waals surface area contributed by atoms with Crippen LogP contribution in [0.3, 0.4) is 0 Å². The number of aryl methyl sites for hydroxylation is 2. The number of anilines is 2. The van der Waals surface area contributed by atoms with Crippen LogP contribution in [0.4, 0.5) is 16.2 Å². The molecule has 0 fully saturated rings. The Bertz CT molecular complexity index is 999. The molecule has 1 atom stereocenters. The van der Waals surface area contributed by atoms with E-state index in [9.17, 15) is 4.79 Å². The molecule has 1 unspecified atom stereocenters. The van der Waals surface area contributed by atoms with Crippen molar-refractivity contribution in [2.24, 2.45) is 0 Å². The molecule has 0 aliphatic carbocycles. The van der Waals surface area contributed by atoms with Crippen molar-refractivity contribution in [3.05, 3.63) is 66.0 Å². The van der Waals surface area contributed by atoms with Gasteiger partial charge in [-0.1, -0.05) is 18.2 Å². The first-order chi connectivity index (χ1) is 13.6. The summed E-state index contributed by atoms with van der Waals surface area (Å²) in [4.78, 5) is 12.2. The van der Waals surface area contributed by atoms with Gasteiger partial charge < -0.3 is 20.1 Å². The average Bonchev–Trinajstić information content (AvgIpc) is 3.11. The van der Waals surface area contributed by atoms with Gasteiger partial charge >= 0.3 is 6.03 Å². The van der Waals surface area contributed by atoms with Crippen molar-refractivity contribution in [2.45, 2.75) is 26.5 Å². The number of nitrogens with zero attached hydrogens (tertiary/aromatic N) is 2. The van der Waals surface area contributed by atoms with E-state index in [1.54, 1.807) is 17.1 Å². The lowest BCUT2D eigenvalue weighted by Gasteiger charge is -2.26. The minimum absolute atomic E-state index is 0.146. The first-order valence-electron chi connectivity index (χ1n) is 9.13. The molecule has 0 spiro atoms. The minimum Gasteiger partial charge on any atom is -0.486 e. The third kappa shape index (κ3) is 4.09. The van der Waals surface area contributed by atoms with Crippen molar-refractivity contribution >= 4 is 17.4 Å². The molecule has 2 N–H and O–H groups in total. The smallest absolute Gasteiger partial charge is 0.323 e. The zero-order valence-corrected chi connectivity index (χ0v) is 15.8. The van der Waals surface area contributed by atoms with Gasteiger partial charge in [0.25, 0.3) is 0 Å². The number of carbonyl (C=O) groups excluding carboxylic acids is 1. The molecule has 0 radical (unpaired) electrons. The van der Waals surface area contributed by atoms with Crippen molar-refractivity contribution in [2.75, 3.05) is 17.2 Å². The highest BCUT2D eigenvalue weighted by atomic mass is 16.6. The predicted molar refractivity (Wildman–Crippen MR) is 107 cm³/mol. The summed E-state index contributed by atoms with van der Waals surface area (Å²) in [5.41, 5.74) is 3.67. The predicted octanol–water partition coefficient (Wildman–Crippen LogP) is 3.98. The Morgan fingerprint density at radius 1 is 1.11 bits per heavy atom. The van der Waals surface area contributed by atoms with Gasteiger partial charge in [0.15, 0.2) is 17.6 Å². The highest BCUT2D eigenvalue weighted by Crippen LogP contribution is 2.31. The van der Waals surface area contributed by atoms with E-state index in [1.165, 1.54) is 5.56 Å². The van der Waals surface area contributed by atoms with E-state index in [0.717, 1.165) is 22.7 Å². The normalized spacial score (nSPS) is 15.1. The highest BCUT2D eigenvalue weighted by Gasteiger charge is 2.21. The van der Waals surface area contributed by atoms with Gasteiger partial charge in [0.05, 0.1) is 18.4 Å². The summed E-state index contributed by atoms with van der Waals surface area (Å²) in [6, 6.07) is 13.1. The van der Waals surface area contributed by atoms with Crippen LogP contribution in [0.2, 0.25) is 0 Å². The number of nitrogens with one attached hydrogen (secondary N) is 2. The summed E-state index contributed by atoms with van der Waals surface area (Å²) < 4.78 is 13.4. The summed E-state index contributed by atoms with van der Waals surface area (Å²) in [5.74, 6) is 1.49. The Kier molecular flexibility index (Phi) is 4.89. The number of fused-ring (bicyclic) bond motifs is 1. The van der Waals surface area contributed by atoms with Gasteiger partial charge in [-0.25, -0.2) is 4.79 Å². The Balaban J connectivity index is 1.33. The second-order valence-electron chi connectivity index (χ2n) is 6.83. The fourth-order valence-corrected chi connectivity index (χ4v) is 3.00. The maximum absolute atomic E-state index is 12.2. The van der Waals surface area contributed by atoms with Crippen LogP contribution in [0.25, 0.3) is 0 Å². The van der Waals surface area contributed by atoms with E-state index in [0.29, 0.717) is 18.8 Å². The Labute approximate surface area is 163 Å². The second-order valence-corrected chi connectivity index (χ2v) is 6.83. The third-order valence-electron chi connectivity index (χ3n) is 4.61. The van der Waals surface area contributed by atoms with E-state index < -0.39 is 0 Å². The first kappa shape index (κ1) is 17.9. The topological polar surface area (TPSA) is 77.4 Å². The number of hydrogen-bond donors (Lipinski definition) is 2. The average molecular weight is 378 g/mol. The molecule has 1 aromatic heterocycles. The summed E-state index contributed by atoms with van der Waals surface area (Å²) in [6.45, 7) is 5.02. The van der Waals surface area contributed by atoms with Gasteiger partial charge in [-0.05, 0) is 49.2 Å². The van der Waals surface area contributed by atoms with Gasteiger partial charge in [-0.2, -0.15) is 5.10 Å². The molecule has 3 aromatic rings. The minimum atomic E-state index is -0.311. The maximum Gasteiger partial charge on any atom is 0.323 e. The van der Waals surface area contributed by atoms with Crippen molar-refractivity contribution in [1.29, 1.82) is 0 Å². The SMILES string of the molecule is Cc1ccc(NC(=O)Nc2cnn(CC3COc4ccccc4O3)c2)cc1C. The molecule has 0 bridgehead atoms. The number of urea groups is 1. The van der Waals surface area contributed by atoms with Crippen LogP contribution >= 0.6 is 0 Å². The molecule has 2 amide bonds. The molecule has 7 nitrogen and oxygen atoms in total.